The van der Waals surface area contributed by atoms with Crippen LogP contribution >= 0.6 is 0 Å². The monoisotopic (exact) mass is 456 g/mol. The zero-order chi connectivity index (χ0) is 23.8. The first-order valence-corrected chi connectivity index (χ1v) is 10.8. The zero-order valence-corrected chi connectivity index (χ0v) is 18.6. The van der Waals surface area contributed by atoms with Crippen LogP contribution in [0.15, 0.2) is 48.5 Å². The molecule has 2 amide bonds. The highest BCUT2D eigenvalue weighted by molar-refractivity contribution is 5.79. The number of carboxylic acid groups (broad SMARTS) is 1. The molecule has 0 heterocycles. The molecule has 2 aromatic carbocycles. The summed E-state index contributed by atoms with van der Waals surface area (Å²) in [5.41, 5.74) is 6.60. The second kappa shape index (κ2) is 11.4. The number of aliphatic carboxylic acids is 1. The lowest BCUT2D eigenvalue weighted by Gasteiger charge is -2.19. The van der Waals surface area contributed by atoms with Crippen LogP contribution in [0.25, 0.3) is 11.1 Å². The van der Waals surface area contributed by atoms with Crippen LogP contribution in [-0.4, -0.2) is 55.0 Å². The summed E-state index contributed by atoms with van der Waals surface area (Å²) in [7, 11) is 0. The van der Waals surface area contributed by atoms with E-state index in [1.54, 1.807) is 6.92 Å². The van der Waals surface area contributed by atoms with Crippen molar-refractivity contribution in [2.24, 2.45) is 0 Å². The first kappa shape index (κ1) is 24.2. The molecular weight excluding hydrogens is 428 g/mol. The van der Waals surface area contributed by atoms with Crippen LogP contribution in [0.4, 0.5) is 4.79 Å². The van der Waals surface area contributed by atoms with Crippen LogP contribution in [0, 0.1) is 0 Å². The van der Waals surface area contributed by atoms with Crippen molar-refractivity contribution in [3.8, 4) is 11.1 Å². The van der Waals surface area contributed by atoms with Crippen molar-refractivity contribution < 1.29 is 33.8 Å². The molecule has 0 saturated carbocycles. The molecule has 2 atom stereocenters. The number of alkyl carbamates (subject to hydrolysis) is 1. The number of nitrogens with one attached hydrogen (secondary N) is 2. The molecule has 9 heteroatoms. The highest BCUT2D eigenvalue weighted by Gasteiger charge is 2.29. The molecule has 2 unspecified atom stereocenters. The van der Waals surface area contributed by atoms with E-state index in [2.05, 4.69) is 22.9 Å². The van der Waals surface area contributed by atoms with Gasteiger partial charge in [-0.05, 0) is 36.1 Å². The van der Waals surface area contributed by atoms with Gasteiger partial charge in [0.1, 0.15) is 6.61 Å². The minimum Gasteiger partial charge on any atom is -0.479 e. The van der Waals surface area contributed by atoms with Gasteiger partial charge in [0.2, 0.25) is 5.91 Å². The molecule has 1 aliphatic rings. The highest BCUT2D eigenvalue weighted by Crippen LogP contribution is 2.44. The molecule has 9 nitrogen and oxygen atoms in total. The SMILES string of the molecule is CCOC(CNC(=O)OCC1c2ccccc2-c2ccccc21)CC(=O)NOC(C)C(=O)O. The van der Waals surface area contributed by atoms with Gasteiger partial charge in [-0.1, -0.05) is 48.5 Å². The molecule has 0 fully saturated rings. The predicted molar refractivity (Wildman–Crippen MR) is 119 cm³/mol. The van der Waals surface area contributed by atoms with E-state index in [-0.39, 0.29) is 25.5 Å². The van der Waals surface area contributed by atoms with Crippen LogP contribution < -0.4 is 10.8 Å². The van der Waals surface area contributed by atoms with Gasteiger partial charge in [0.05, 0.1) is 12.5 Å². The van der Waals surface area contributed by atoms with Gasteiger partial charge in [0.15, 0.2) is 6.10 Å². The third kappa shape index (κ3) is 6.30. The second-order valence-electron chi connectivity index (χ2n) is 7.61. The Morgan fingerprint density at radius 1 is 1.03 bits per heavy atom. The number of hydrogen-bond acceptors (Lipinski definition) is 6. The smallest absolute Gasteiger partial charge is 0.407 e. The van der Waals surface area contributed by atoms with Gasteiger partial charge >= 0.3 is 12.1 Å². The van der Waals surface area contributed by atoms with E-state index >= 15 is 0 Å². The van der Waals surface area contributed by atoms with Gasteiger partial charge < -0.3 is 19.9 Å². The number of rotatable bonds is 11. The fraction of sp³-hybridized carbons (Fsp3) is 0.375. The summed E-state index contributed by atoms with van der Waals surface area (Å²) in [5.74, 6) is -1.81. The molecule has 0 bridgehead atoms. The largest absolute Gasteiger partial charge is 0.479 e. The van der Waals surface area contributed by atoms with Crippen LogP contribution in [0.3, 0.4) is 0 Å². The number of carbonyl (C=O) groups excluding carboxylic acids is 2. The highest BCUT2D eigenvalue weighted by atomic mass is 16.7. The zero-order valence-electron chi connectivity index (χ0n) is 18.6. The minimum absolute atomic E-state index is 0.0480. The second-order valence-corrected chi connectivity index (χ2v) is 7.61. The molecule has 0 saturated heterocycles. The van der Waals surface area contributed by atoms with E-state index in [1.165, 1.54) is 6.92 Å². The summed E-state index contributed by atoms with van der Waals surface area (Å²) < 4.78 is 11.0. The summed E-state index contributed by atoms with van der Waals surface area (Å²) in [6.45, 7) is 3.62. The molecule has 3 N–H and O–H groups in total. The van der Waals surface area contributed by atoms with Crippen LogP contribution in [-0.2, 0) is 23.9 Å². The van der Waals surface area contributed by atoms with Crippen molar-refractivity contribution >= 4 is 18.0 Å². The van der Waals surface area contributed by atoms with Gasteiger partial charge in [0.25, 0.3) is 0 Å². The minimum atomic E-state index is -1.20. The third-order valence-corrected chi connectivity index (χ3v) is 5.33. The molecule has 0 aliphatic heterocycles. The maximum Gasteiger partial charge on any atom is 0.407 e. The van der Waals surface area contributed by atoms with Crippen LogP contribution in [0.1, 0.15) is 37.3 Å². The molecule has 1 aliphatic carbocycles. The predicted octanol–water partition coefficient (Wildman–Crippen LogP) is 2.84. The van der Waals surface area contributed by atoms with Gasteiger partial charge in [-0.2, -0.15) is 0 Å². The fourth-order valence-corrected chi connectivity index (χ4v) is 3.73. The lowest BCUT2D eigenvalue weighted by molar-refractivity contribution is -0.159. The van der Waals surface area contributed by atoms with Crippen molar-refractivity contribution in [1.82, 2.24) is 10.8 Å². The number of amides is 2. The Kier molecular flexibility index (Phi) is 8.39. The first-order valence-electron chi connectivity index (χ1n) is 10.8. The number of carbonyl (C=O) groups is 3. The van der Waals surface area contributed by atoms with Crippen molar-refractivity contribution in [2.75, 3.05) is 19.8 Å². The number of fused-ring (bicyclic) bond motifs is 3. The van der Waals surface area contributed by atoms with E-state index in [0.29, 0.717) is 6.61 Å². The van der Waals surface area contributed by atoms with Gasteiger partial charge in [-0.25, -0.2) is 15.1 Å². The lowest BCUT2D eigenvalue weighted by Crippen LogP contribution is -2.39. The number of hydrogen-bond donors (Lipinski definition) is 3. The van der Waals surface area contributed by atoms with E-state index in [9.17, 15) is 14.4 Å². The molecule has 0 aromatic heterocycles. The van der Waals surface area contributed by atoms with E-state index < -0.39 is 30.2 Å². The molecule has 3 rings (SSSR count). The normalized spacial score (nSPS) is 14.0. The first-order chi connectivity index (χ1) is 15.9. The lowest BCUT2D eigenvalue weighted by atomic mass is 9.98. The van der Waals surface area contributed by atoms with Crippen molar-refractivity contribution in [1.29, 1.82) is 0 Å². The van der Waals surface area contributed by atoms with Crippen LogP contribution in [0.2, 0.25) is 0 Å². The summed E-state index contributed by atoms with van der Waals surface area (Å²) >= 11 is 0. The number of carboxylic acids is 1. The molecule has 0 spiro atoms. The Bertz CT molecular complexity index is 949. The fourth-order valence-electron chi connectivity index (χ4n) is 3.73. The van der Waals surface area contributed by atoms with Gasteiger partial charge in [-0.15, -0.1) is 0 Å². The molecular formula is C24H28N2O7. The van der Waals surface area contributed by atoms with Crippen molar-refractivity contribution in [3.63, 3.8) is 0 Å². The van der Waals surface area contributed by atoms with E-state index in [4.69, 9.17) is 19.4 Å². The molecule has 176 valence electrons. The Hall–Kier alpha value is -3.43. The maximum atomic E-state index is 12.3. The standard InChI is InChI=1S/C24H28N2O7/c1-3-31-16(12-22(27)26-33-15(2)23(28)29)13-25-24(30)32-14-21-19-10-6-4-8-17(19)18-9-5-7-11-20(18)21/h4-11,15-16,21H,3,12-14H2,1-2H3,(H,25,30)(H,26,27)(H,28,29). The third-order valence-electron chi connectivity index (χ3n) is 5.33. The van der Waals surface area contributed by atoms with Gasteiger partial charge in [-0.3, -0.25) is 9.63 Å². The Morgan fingerprint density at radius 2 is 1.64 bits per heavy atom. The topological polar surface area (TPSA) is 123 Å². The average Bonchev–Trinajstić information content (AvgIpc) is 3.13. The average molecular weight is 456 g/mol. The quantitative estimate of drug-likeness (QED) is 0.444. The summed E-state index contributed by atoms with van der Waals surface area (Å²) in [6, 6.07) is 16.1. The van der Waals surface area contributed by atoms with Gasteiger partial charge in [0, 0.05) is 19.1 Å². The van der Waals surface area contributed by atoms with E-state index in [0.717, 1.165) is 22.3 Å². The summed E-state index contributed by atoms with van der Waals surface area (Å²) in [4.78, 5) is 39.8. The van der Waals surface area contributed by atoms with Crippen molar-refractivity contribution in [2.45, 2.75) is 38.4 Å². The maximum absolute atomic E-state index is 12.3. The number of benzene rings is 2. The summed E-state index contributed by atoms with van der Waals surface area (Å²) in [5, 5.41) is 11.4. The Labute approximate surface area is 192 Å². The van der Waals surface area contributed by atoms with Crippen molar-refractivity contribution in [3.05, 3.63) is 59.7 Å². The molecule has 0 radical (unpaired) electrons. The molecule has 2 aromatic rings. The summed E-state index contributed by atoms with van der Waals surface area (Å²) in [6.07, 6.45) is -2.54. The van der Waals surface area contributed by atoms with Crippen LogP contribution in [0.5, 0.6) is 0 Å². The van der Waals surface area contributed by atoms with E-state index in [1.807, 2.05) is 36.4 Å². The Morgan fingerprint density at radius 3 is 2.21 bits per heavy atom. The Balaban J connectivity index is 1.50. The molecule has 33 heavy (non-hydrogen) atoms. The number of hydroxylamine groups is 1. The number of ether oxygens (including phenoxy) is 2.